The summed E-state index contributed by atoms with van der Waals surface area (Å²) in [7, 11) is 0. The van der Waals surface area contributed by atoms with E-state index in [2.05, 4.69) is 138 Å². The molecule has 0 bridgehead atoms. The zero-order valence-corrected chi connectivity index (χ0v) is 22.8. The molecule has 0 amide bonds. The Balaban J connectivity index is 1.25. The van der Waals surface area contributed by atoms with Crippen LogP contribution in [0.1, 0.15) is 0 Å². The van der Waals surface area contributed by atoms with Crippen LogP contribution in [0.5, 0.6) is 0 Å². The normalized spacial score (nSPS) is 11.8. The number of nitrogens with zero attached hydrogens (tertiary/aromatic N) is 2. The summed E-state index contributed by atoms with van der Waals surface area (Å²) in [6.45, 7) is 0. The zero-order chi connectivity index (χ0) is 27.6. The molecule has 0 N–H and O–H groups in total. The van der Waals surface area contributed by atoms with Gasteiger partial charge in [-0.05, 0) is 84.5 Å². The summed E-state index contributed by atoms with van der Waals surface area (Å²) in [5, 5.41) is 12.3. The number of aromatic nitrogens is 2. The average molecular weight is 533 g/mol. The molecule has 0 radical (unpaired) electrons. The predicted molar refractivity (Wildman–Crippen MR) is 178 cm³/mol. The highest BCUT2D eigenvalue weighted by molar-refractivity contribution is 6.26. The fraction of sp³-hybridized carbons (Fsp3) is 0. The fourth-order valence-electron chi connectivity index (χ4n) is 6.55. The molecule has 2 nitrogen and oxygen atoms in total. The van der Waals surface area contributed by atoms with Crippen molar-refractivity contribution < 1.29 is 0 Å². The van der Waals surface area contributed by atoms with Crippen LogP contribution < -0.4 is 0 Å². The molecular weight excluding hydrogens is 508 g/mol. The fourth-order valence-corrected chi connectivity index (χ4v) is 6.55. The van der Waals surface area contributed by atoms with Crippen LogP contribution in [0, 0.1) is 0 Å². The third-order valence-corrected chi connectivity index (χ3v) is 8.65. The minimum absolute atomic E-state index is 0.940. The lowest BCUT2D eigenvalue weighted by Crippen LogP contribution is -1.90. The first-order valence-electron chi connectivity index (χ1n) is 14.3. The van der Waals surface area contributed by atoms with Gasteiger partial charge in [0.05, 0.1) is 16.7 Å². The second-order valence-electron chi connectivity index (χ2n) is 11.0. The lowest BCUT2D eigenvalue weighted by atomic mass is 9.90. The maximum absolute atomic E-state index is 5.13. The Morgan fingerprint density at radius 2 is 0.881 bits per heavy atom. The van der Waals surface area contributed by atoms with Crippen LogP contribution in [-0.4, -0.2) is 9.97 Å². The Kier molecular flexibility index (Phi) is 4.93. The summed E-state index contributed by atoms with van der Waals surface area (Å²) in [6.07, 6.45) is 1.84. The van der Waals surface area contributed by atoms with E-state index < -0.39 is 0 Å². The van der Waals surface area contributed by atoms with Crippen molar-refractivity contribution in [2.24, 2.45) is 0 Å². The van der Waals surface area contributed by atoms with Gasteiger partial charge in [-0.15, -0.1) is 0 Å². The molecule has 42 heavy (non-hydrogen) atoms. The lowest BCUT2D eigenvalue weighted by Gasteiger charge is -2.14. The summed E-state index contributed by atoms with van der Waals surface area (Å²) in [4.78, 5) is 9.78. The van der Waals surface area contributed by atoms with Crippen LogP contribution in [0.4, 0.5) is 0 Å². The van der Waals surface area contributed by atoms with Crippen LogP contribution in [0.3, 0.4) is 0 Å². The number of fused-ring (bicyclic) bond motifs is 10. The molecule has 2 heterocycles. The molecule has 2 aromatic heterocycles. The van der Waals surface area contributed by atoms with Crippen molar-refractivity contribution in [3.63, 3.8) is 0 Å². The topological polar surface area (TPSA) is 25.8 Å². The summed E-state index contributed by atoms with van der Waals surface area (Å²) in [5.41, 5.74) is 6.41. The third-order valence-electron chi connectivity index (χ3n) is 8.65. The Morgan fingerprint density at radius 3 is 1.69 bits per heavy atom. The van der Waals surface area contributed by atoms with Gasteiger partial charge < -0.3 is 0 Å². The molecule has 9 rings (SSSR count). The van der Waals surface area contributed by atoms with Crippen LogP contribution in [0.2, 0.25) is 0 Å². The van der Waals surface area contributed by atoms with Crippen molar-refractivity contribution in [2.75, 3.05) is 0 Å². The molecule has 0 atom stereocenters. The van der Waals surface area contributed by atoms with Crippen LogP contribution >= 0.6 is 0 Å². The first-order chi connectivity index (χ1) is 20.8. The molecule has 7 aromatic carbocycles. The van der Waals surface area contributed by atoms with E-state index in [0.29, 0.717) is 0 Å². The van der Waals surface area contributed by atoms with Gasteiger partial charge in [-0.3, -0.25) is 4.98 Å². The zero-order valence-electron chi connectivity index (χ0n) is 22.8. The molecule has 0 saturated carbocycles. The summed E-state index contributed by atoms with van der Waals surface area (Å²) in [6, 6.07) is 50.3. The van der Waals surface area contributed by atoms with Gasteiger partial charge in [0, 0.05) is 22.5 Å². The Morgan fingerprint density at radius 1 is 0.333 bits per heavy atom. The minimum atomic E-state index is 0.940. The summed E-state index contributed by atoms with van der Waals surface area (Å²) >= 11 is 0. The van der Waals surface area contributed by atoms with Gasteiger partial charge in [0.25, 0.3) is 0 Å². The van der Waals surface area contributed by atoms with Crippen LogP contribution in [-0.2, 0) is 0 Å². The van der Waals surface area contributed by atoms with E-state index in [4.69, 9.17) is 4.98 Å². The van der Waals surface area contributed by atoms with E-state index >= 15 is 0 Å². The molecule has 0 spiro atoms. The van der Waals surface area contributed by atoms with Crippen LogP contribution in [0.15, 0.2) is 146 Å². The van der Waals surface area contributed by atoms with E-state index in [-0.39, 0.29) is 0 Å². The lowest BCUT2D eigenvalue weighted by molar-refractivity contribution is 1.37. The number of rotatable bonds is 2. The van der Waals surface area contributed by atoms with Crippen molar-refractivity contribution in [2.45, 2.75) is 0 Å². The van der Waals surface area contributed by atoms with Gasteiger partial charge in [-0.2, -0.15) is 0 Å². The van der Waals surface area contributed by atoms with Gasteiger partial charge in [-0.25, -0.2) is 4.98 Å². The highest BCUT2D eigenvalue weighted by Crippen LogP contribution is 2.39. The molecule has 0 aliphatic carbocycles. The molecule has 2 heteroatoms. The van der Waals surface area contributed by atoms with Gasteiger partial charge in [0.1, 0.15) is 0 Å². The van der Waals surface area contributed by atoms with Crippen molar-refractivity contribution in [1.29, 1.82) is 0 Å². The molecule has 194 valence electrons. The monoisotopic (exact) mass is 532 g/mol. The standard InChI is InChI=1S/C40H24N2/c1-2-7-28-22-29(14-11-25(28)6-1)30-15-18-34-35-19-16-31(24-37(35)33-10-4-3-9-32(33)36(34)23-30)38-20-17-27-13-12-26-8-5-21-41-39(26)40(27)42-38/h1-24H. The molecular formula is C40H24N2. The minimum Gasteiger partial charge on any atom is -0.254 e. The Hall–Kier alpha value is -5.60. The second-order valence-corrected chi connectivity index (χ2v) is 11.0. The summed E-state index contributed by atoms with van der Waals surface area (Å²) in [5.74, 6) is 0. The van der Waals surface area contributed by atoms with Crippen LogP contribution in [0.25, 0.3) is 87.3 Å². The average Bonchev–Trinajstić information content (AvgIpc) is 3.07. The van der Waals surface area contributed by atoms with Gasteiger partial charge in [0.2, 0.25) is 0 Å². The van der Waals surface area contributed by atoms with Crippen molar-refractivity contribution in [1.82, 2.24) is 9.97 Å². The number of pyridine rings is 2. The molecule has 0 saturated heterocycles. The Labute approximate surface area is 242 Å². The maximum Gasteiger partial charge on any atom is 0.0972 e. The smallest absolute Gasteiger partial charge is 0.0972 e. The Bertz CT molecular complexity index is 2510. The maximum atomic E-state index is 5.13. The van der Waals surface area contributed by atoms with Gasteiger partial charge in [0.15, 0.2) is 0 Å². The molecule has 0 aliphatic rings. The number of benzene rings is 7. The van der Waals surface area contributed by atoms with E-state index in [9.17, 15) is 0 Å². The largest absolute Gasteiger partial charge is 0.254 e. The highest BCUT2D eigenvalue weighted by atomic mass is 14.7. The summed E-state index contributed by atoms with van der Waals surface area (Å²) < 4.78 is 0. The predicted octanol–water partition coefficient (Wildman–Crippen LogP) is 10.7. The van der Waals surface area contributed by atoms with E-state index in [1.54, 1.807) is 0 Å². The first-order valence-corrected chi connectivity index (χ1v) is 14.3. The molecule has 9 aromatic rings. The SMILES string of the molecule is c1ccc2cc(-c3ccc4c5ccc(-c6ccc7ccc8cccnc8c7n6)cc5c5ccccc5c4c3)ccc2c1. The quantitative estimate of drug-likeness (QED) is 0.207. The molecule has 0 fully saturated rings. The van der Waals surface area contributed by atoms with Crippen molar-refractivity contribution in [3.05, 3.63) is 146 Å². The van der Waals surface area contributed by atoms with Crippen molar-refractivity contribution in [3.8, 4) is 22.4 Å². The number of hydrogen-bond donors (Lipinski definition) is 0. The third kappa shape index (κ3) is 3.52. The van der Waals surface area contributed by atoms with E-state index in [1.165, 1.54) is 54.2 Å². The van der Waals surface area contributed by atoms with Gasteiger partial charge >= 0.3 is 0 Å². The van der Waals surface area contributed by atoms with E-state index in [0.717, 1.165) is 33.1 Å². The first kappa shape index (κ1) is 23.1. The second kappa shape index (κ2) is 8.95. The van der Waals surface area contributed by atoms with E-state index in [1.807, 2.05) is 12.3 Å². The van der Waals surface area contributed by atoms with Crippen molar-refractivity contribution >= 4 is 64.9 Å². The molecule has 0 unspecified atom stereocenters. The van der Waals surface area contributed by atoms with Gasteiger partial charge in [-0.1, -0.05) is 109 Å². The highest BCUT2D eigenvalue weighted by Gasteiger charge is 2.13. The number of hydrogen-bond acceptors (Lipinski definition) is 2. The molecule has 0 aliphatic heterocycles.